The zero-order valence-corrected chi connectivity index (χ0v) is 9.82. The van der Waals surface area contributed by atoms with E-state index in [0.29, 0.717) is 6.61 Å². The molecule has 1 aliphatic heterocycles. The summed E-state index contributed by atoms with van der Waals surface area (Å²) in [5, 5.41) is 10.1. The Morgan fingerprint density at radius 3 is 2.65 bits per heavy atom. The molecule has 3 rings (SSSR count). The van der Waals surface area contributed by atoms with Crippen molar-refractivity contribution in [2.75, 3.05) is 0 Å². The highest BCUT2D eigenvalue weighted by molar-refractivity contribution is 6.30. The Hall–Kier alpha value is -1.51. The Morgan fingerprint density at radius 2 is 1.88 bits per heavy atom. The van der Waals surface area contributed by atoms with Crippen LogP contribution in [-0.4, -0.2) is 5.11 Å². The molecule has 0 radical (unpaired) electrons. The molecule has 1 unspecified atom stereocenters. The van der Waals surface area contributed by atoms with Gasteiger partial charge in [0.25, 0.3) is 0 Å². The van der Waals surface area contributed by atoms with Gasteiger partial charge in [0, 0.05) is 5.02 Å². The van der Waals surface area contributed by atoms with Crippen LogP contribution in [0.1, 0.15) is 22.8 Å². The number of phenols is 1. The molecule has 1 heterocycles. The first-order valence-corrected chi connectivity index (χ1v) is 5.81. The van der Waals surface area contributed by atoms with Gasteiger partial charge in [-0.3, -0.25) is 0 Å². The third kappa shape index (κ3) is 1.90. The summed E-state index contributed by atoms with van der Waals surface area (Å²) in [7, 11) is 0. The van der Waals surface area contributed by atoms with Gasteiger partial charge in [0.05, 0.1) is 6.61 Å². The molecular weight excluding hydrogens is 236 g/mol. The zero-order valence-electron chi connectivity index (χ0n) is 9.06. The normalized spacial score (nSPS) is 18.1. The lowest BCUT2D eigenvalue weighted by Gasteiger charge is -2.11. The lowest BCUT2D eigenvalue weighted by atomic mass is 9.99. The van der Waals surface area contributed by atoms with Crippen LogP contribution in [0.4, 0.5) is 0 Å². The van der Waals surface area contributed by atoms with Crippen LogP contribution < -0.4 is 0 Å². The fraction of sp³-hybridized carbons (Fsp3) is 0.143. The SMILES string of the molecule is Oc1ccc2c(c1)COC2c1ccc(Cl)cc1. The first-order valence-electron chi connectivity index (χ1n) is 5.43. The van der Waals surface area contributed by atoms with Gasteiger partial charge in [-0.15, -0.1) is 0 Å². The molecule has 17 heavy (non-hydrogen) atoms. The first-order chi connectivity index (χ1) is 8.24. The summed E-state index contributed by atoms with van der Waals surface area (Å²) in [6.45, 7) is 0.539. The molecule has 2 aromatic carbocycles. The quantitative estimate of drug-likeness (QED) is 0.832. The molecule has 0 aliphatic carbocycles. The largest absolute Gasteiger partial charge is 0.508 e. The molecule has 0 saturated heterocycles. The number of benzene rings is 2. The molecule has 0 bridgehead atoms. The van der Waals surface area contributed by atoms with E-state index in [1.54, 1.807) is 12.1 Å². The molecule has 0 spiro atoms. The molecular formula is C14H11ClO2. The van der Waals surface area contributed by atoms with Crippen LogP contribution in [0.25, 0.3) is 0 Å². The zero-order chi connectivity index (χ0) is 11.8. The van der Waals surface area contributed by atoms with Gasteiger partial charge < -0.3 is 9.84 Å². The van der Waals surface area contributed by atoms with Crippen LogP contribution >= 0.6 is 11.6 Å². The third-order valence-corrected chi connectivity index (χ3v) is 3.24. The highest BCUT2D eigenvalue weighted by Gasteiger charge is 2.24. The van der Waals surface area contributed by atoms with Crippen molar-refractivity contribution < 1.29 is 9.84 Å². The second-order valence-corrected chi connectivity index (χ2v) is 4.56. The van der Waals surface area contributed by atoms with Crippen molar-refractivity contribution in [1.82, 2.24) is 0 Å². The summed E-state index contributed by atoms with van der Waals surface area (Å²) in [5.74, 6) is 0.282. The van der Waals surface area contributed by atoms with Gasteiger partial charge in [-0.05, 0) is 41.0 Å². The van der Waals surface area contributed by atoms with Gasteiger partial charge in [-0.25, -0.2) is 0 Å². The minimum atomic E-state index is -0.0529. The standard InChI is InChI=1S/C14H11ClO2/c15-11-3-1-9(2-4-11)14-13-6-5-12(16)7-10(13)8-17-14/h1-7,14,16H,8H2. The molecule has 1 N–H and O–H groups in total. The Kier molecular flexibility index (Phi) is 2.54. The van der Waals surface area contributed by atoms with E-state index in [1.807, 2.05) is 30.3 Å². The van der Waals surface area contributed by atoms with Crippen LogP contribution in [0, 0.1) is 0 Å². The van der Waals surface area contributed by atoms with Gasteiger partial charge in [-0.2, -0.15) is 0 Å². The Morgan fingerprint density at radius 1 is 1.12 bits per heavy atom. The Bertz CT molecular complexity index is 549. The van der Waals surface area contributed by atoms with E-state index in [0.717, 1.165) is 21.7 Å². The summed E-state index contributed by atoms with van der Waals surface area (Å²) in [6.07, 6.45) is -0.0529. The maximum Gasteiger partial charge on any atom is 0.115 e. The molecule has 2 aromatic rings. The van der Waals surface area contributed by atoms with Crippen molar-refractivity contribution in [2.24, 2.45) is 0 Å². The van der Waals surface area contributed by atoms with Gasteiger partial charge >= 0.3 is 0 Å². The van der Waals surface area contributed by atoms with E-state index >= 15 is 0 Å². The Labute approximate surface area is 104 Å². The molecule has 1 atom stereocenters. The van der Waals surface area contributed by atoms with E-state index in [-0.39, 0.29) is 11.9 Å². The van der Waals surface area contributed by atoms with Crippen LogP contribution in [-0.2, 0) is 11.3 Å². The van der Waals surface area contributed by atoms with Crippen LogP contribution in [0.3, 0.4) is 0 Å². The van der Waals surface area contributed by atoms with Crippen molar-refractivity contribution >= 4 is 11.6 Å². The van der Waals surface area contributed by atoms with Gasteiger partial charge in [0.1, 0.15) is 11.9 Å². The fourth-order valence-electron chi connectivity index (χ4n) is 2.15. The molecule has 0 saturated carbocycles. The summed E-state index contributed by atoms with van der Waals surface area (Å²) < 4.78 is 5.75. The lowest BCUT2D eigenvalue weighted by Crippen LogP contribution is -1.97. The number of ether oxygens (including phenoxy) is 1. The van der Waals surface area contributed by atoms with Gasteiger partial charge in [0.2, 0.25) is 0 Å². The minimum Gasteiger partial charge on any atom is -0.508 e. The predicted octanol–water partition coefficient (Wildman–Crippen LogP) is 3.67. The number of fused-ring (bicyclic) bond motifs is 1. The fourth-order valence-corrected chi connectivity index (χ4v) is 2.28. The van der Waals surface area contributed by atoms with Crippen molar-refractivity contribution in [3.63, 3.8) is 0 Å². The molecule has 86 valence electrons. The molecule has 1 aliphatic rings. The average Bonchev–Trinajstić information content (AvgIpc) is 2.73. The number of hydrogen-bond donors (Lipinski definition) is 1. The summed E-state index contributed by atoms with van der Waals surface area (Å²) in [6, 6.07) is 13.0. The maximum absolute atomic E-state index is 9.42. The first kappa shape index (κ1) is 10.6. The summed E-state index contributed by atoms with van der Waals surface area (Å²) >= 11 is 5.87. The van der Waals surface area contributed by atoms with Crippen LogP contribution in [0.2, 0.25) is 5.02 Å². The number of phenolic OH excluding ortho intramolecular Hbond substituents is 1. The number of aromatic hydroxyl groups is 1. The Balaban J connectivity index is 2.01. The summed E-state index contributed by atoms with van der Waals surface area (Å²) in [5.41, 5.74) is 3.24. The molecule has 0 amide bonds. The van der Waals surface area contributed by atoms with E-state index < -0.39 is 0 Å². The molecule has 3 heteroatoms. The second kappa shape index (κ2) is 4.06. The molecule has 2 nitrogen and oxygen atoms in total. The van der Waals surface area contributed by atoms with Gasteiger partial charge in [0.15, 0.2) is 0 Å². The van der Waals surface area contributed by atoms with Crippen molar-refractivity contribution in [2.45, 2.75) is 12.7 Å². The smallest absolute Gasteiger partial charge is 0.115 e. The van der Waals surface area contributed by atoms with Crippen molar-refractivity contribution in [1.29, 1.82) is 0 Å². The third-order valence-electron chi connectivity index (χ3n) is 2.99. The average molecular weight is 247 g/mol. The molecule has 0 aromatic heterocycles. The lowest BCUT2D eigenvalue weighted by molar-refractivity contribution is 0.0939. The highest BCUT2D eigenvalue weighted by atomic mass is 35.5. The summed E-state index contributed by atoms with van der Waals surface area (Å²) in [4.78, 5) is 0. The highest BCUT2D eigenvalue weighted by Crippen LogP contribution is 2.37. The predicted molar refractivity (Wildman–Crippen MR) is 66.2 cm³/mol. The second-order valence-electron chi connectivity index (χ2n) is 4.13. The maximum atomic E-state index is 9.42. The van der Waals surface area contributed by atoms with E-state index in [4.69, 9.17) is 16.3 Å². The number of halogens is 1. The van der Waals surface area contributed by atoms with Crippen LogP contribution in [0.15, 0.2) is 42.5 Å². The van der Waals surface area contributed by atoms with E-state index in [9.17, 15) is 5.11 Å². The van der Waals surface area contributed by atoms with Crippen molar-refractivity contribution in [3.05, 3.63) is 64.2 Å². The van der Waals surface area contributed by atoms with E-state index in [1.165, 1.54) is 0 Å². The number of hydrogen-bond acceptors (Lipinski definition) is 2. The number of rotatable bonds is 1. The minimum absolute atomic E-state index is 0.0529. The monoisotopic (exact) mass is 246 g/mol. The van der Waals surface area contributed by atoms with Gasteiger partial charge in [-0.1, -0.05) is 29.8 Å². The van der Waals surface area contributed by atoms with Crippen molar-refractivity contribution in [3.8, 4) is 5.75 Å². The molecule has 0 fully saturated rings. The topological polar surface area (TPSA) is 29.5 Å². The van der Waals surface area contributed by atoms with E-state index in [2.05, 4.69) is 0 Å². The van der Waals surface area contributed by atoms with Crippen LogP contribution in [0.5, 0.6) is 5.75 Å².